The molecule has 0 radical (unpaired) electrons. The third-order valence-electron chi connectivity index (χ3n) is 3.25. The number of likely N-dealkylation sites (N-methyl/N-ethyl adjacent to an activating group) is 2. The SMILES string of the molecule is CCN(CC)C(=O)CN(C)Cc1cc(C)c(C(=O)NN)o1. The lowest BCUT2D eigenvalue weighted by Gasteiger charge is -2.22. The van der Waals surface area contributed by atoms with E-state index in [0.717, 1.165) is 5.56 Å². The summed E-state index contributed by atoms with van der Waals surface area (Å²) in [7, 11) is 1.84. The first-order chi connectivity index (χ1) is 9.92. The number of nitrogens with zero attached hydrogens (tertiary/aromatic N) is 2. The number of nitrogen functional groups attached to an aromatic ring is 1. The second kappa shape index (κ2) is 7.80. The van der Waals surface area contributed by atoms with Crippen LogP contribution in [0.15, 0.2) is 10.5 Å². The van der Waals surface area contributed by atoms with Gasteiger partial charge in [0.25, 0.3) is 0 Å². The van der Waals surface area contributed by atoms with Gasteiger partial charge in [0, 0.05) is 18.7 Å². The fraction of sp³-hybridized carbons (Fsp3) is 0.571. The fourth-order valence-electron chi connectivity index (χ4n) is 2.15. The second-order valence-corrected chi connectivity index (χ2v) is 4.94. The molecule has 0 aliphatic rings. The van der Waals surface area contributed by atoms with Gasteiger partial charge in [-0.15, -0.1) is 0 Å². The standard InChI is InChI=1S/C14H24N4O3/c1-5-18(6-2)12(19)9-17(4)8-11-7-10(3)13(21-11)14(20)16-15/h7H,5-6,8-9,15H2,1-4H3,(H,16,20). The maximum atomic E-state index is 12.0. The molecule has 0 saturated carbocycles. The van der Waals surface area contributed by atoms with Crippen molar-refractivity contribution in [2.45, 2.75) is 27.3 Å². The molecule has 0 atom stereocenters. The van der Waals surface area contributed by atoms with E-state index in [1.165, 1.54) is 0 Å². The number of amides is 2. The zero-order valence-electron chi connectivity index (χ0n) is 13.1. The van der Waals surface area contributed by atoms with E-state index in [9.17, 15) is 9.59 Å². The molecule has 7 nitrogen and oxygen atoms in total. The highest BCUT2D eigenvalue weighted by molar-refractivity contribution is 5.92. The Morgan fingerprint density at radius 3 is 2.48 bits per heavy atom. The molecule has 2 amide bonds. The van der Waals surface area contributed by atoms with Gasteiger partial charge < -0.3 is 9.32 Å². The van der Waals surface area contributed by atoms with Gasteiger partial charge in [0.05, 0.1) is 13.1 Å². The second-order valence-electron chi connectivity index (χ2n) is 4.94. The van der Waals surface area contributed by atoms with Crippen LogP contribution in [0.25, 0.3) is 0 Å². The Hall–Kier alpha value is -1.86. The van der Waals surface area contributed by atoms with Crippen LogP contribution in [-0.2, 0) is 11.3 Å². The number of nitrogens with two attached hydrogens (primary N) is 1. The molecule has 0 aliphatic carbocycles. The van der Waals surface area contributed by atoms with Gasteiger partial charge in [-0.25, -0.2) is 5.84 Å². The summed E-state index contributed by atoms with van der Waals surface area (Å²) in [4.78, 5) is 27.1. The van der Waals surface area contributed by atoms with E-state index in [1.807, 2.05) is 31.2 Å². The van der Waals surface area contributed by atoms with Crippen LogP contribution in [0.1, 0.15) is 35.7 Å². The Balaban J connectivity index is 2.65. The van der Waals surface area contributed by atoms with Crippen molar-refractivity contribution in [3.63, 3.8) is 0 Å². The summed E-state index contributed by atoms with van der Waals surface area (Å²) in [5, 5.41) is 0. The maximum absolute atomic E-state index is 12.0. The van der Waals surface area contributed by atoms with Gasteiger partial charge in [-0.05, 0) is 33.9 Å². The third-order valence-corrected chi connectivity index (χ3v) is 3.25. The van der Waals surface area contributed by atoms with Crippen molar-refractivity contribution in [1.29, 1.82) is 0 Å². The Bertz CT molecular complexity index is 494. The van der Waals surface area contributed by atoms with E-state index < -0.39 is 5.91 Å². The van der Waals surface area contributed by atoms with Gasteiger partial charge in [0.1, 0.15) is 5.76 Å². The summed E-state index contributed by atoms with van der Waals surface area (Å²) >= 11 is 0. The highest BCUT2D eigenvalue weighted by Crippen LogP contribution is 2.15. The maximum Gasteiger partial charge on any atom is 0.301 e. The predicted molar refractivity (Wildman–Crippen MR) is 79.4 cm³/mol. The predicted octanol–water partition coefficient (Wildman–Crippen LogP) is 0.492. The van der Waals surface area contributed by atoms with Gasteiger partial charge in [-0.2, -0.15) is 0 Å². The Labute approximate surface area is 125 Å². The van der Waals surface area contributed by atoms with E-state index in [0.29, 0.717) is 31.9 Å². The Kier molecular flexibility index (Phi) is 6.39. The number of rotatable bonds is 7. The summed E-state index contributed by atoms with van der Waals surface area (Å²) in [6, 6.07) is 1.78. The average molecular weight is 296 g/mol. The monoisotopic (exact) mass is 296 g/mol. The number of nitrogens with one attached hydrogen (secondary N) is 1. The van der Waals surface area contributed by atoms with Gasteiger partial charge >= 0.3 is 5.91 Å². The van der Waals surface area contributed by atoms with E-state index in [4.69, 9.17) is 10.3 Å². The van der Waals surface area contributed by atoms with Crippen LogP contribution < -0.4 is 11.3 Å². The summed E-state index contributed by atoms with van der Waals surface area (Å²) in [6.45, 7) is 7.84. The van der Waals surface area contributed by atoms with Crippen molar-refractivity contribution in [2.24, 2.45) is 5.84 Å². The van der Waals surface area contributed by atoms with E-state index >= 15 is 0 Å². The first-order valence-corrected chi connectivity index (χ1v) is 6.99. The van der Waals surface area contributed by atoms with Crippen LogP contribution in [-0.4, -0.2) is 48.3 Å². The fourth-order valence-corrected chi connectivity index (χ4v) is 2.15. The smallest absolute Gasteiger partial charge is 0.301 e. The minimum absolute atomic E-state index is 0.0747. The van der Waals surface area contributed by atoms with E-state index in [1.54, 1.807) is 17.9 Å². The average Bonchev–Trinajstić information content (AvgIpc) is 2.79. The molecule has 1 heterocycles. The summed E-state index contributed by atoms with van der Waals surface area (Å²) in [5.41, 5.74) is 2.76. The topological polar surface area (TPSA) is 91.8 Å². The minimum Gasteiger partial charge on any atom is -0.454 e. The minimum atomic E-state index is -0.458. The molecule has 0 spiro atoms. The highest BCUT2D eigenvalue weighted by atomic mass is 16.4. The van der Waals surface area contributed by atoms with Gasteiger partial charge in [0.15, 0.2) is 5.76 Å². The molecule has 1 aromatic rings. The molecule has 0 fully saturated rings. The normalized spacial score (nSPS) is 10.8. The van der Waals surface area contributed by atoms with Gasteiger partial charge in [0.2, 0.25) is 5.91 Å². The zero-order valence-corrected chi connectivity index (χ0v) is 13.1. The molecule has 3 N–H and O–H groups in total. The highest BCUT2D eigenvalue weighted by Gasteiger charge is 2.17. The van der Waals surface area contributed by atoms with E-state index in [-0.39, 0.29) is 11.7 Å². The lowest BCUT2D eigenvalue weighted by molar-refractivity contribution is -0.131. The summed E-state index contributed by atoms with van der Waals surface area (Å²) < 4.78 is 5.47. The van der Waals surface area contributed by atoms with Crippen LogP contribution >= 0.6 is 0 Å². The van der Waals surface area contributed by atoms with Crippen molar-refractivity contribution in [3.05, 3.63) is 23.2 Å². The summed E-state index contributed by atoms with van der Waals surface area (Å²) in [6.07, 6.45) is 0. The molecule has 0 bridgehead atoms. The largest absolute Gasteiger partial charge is 0.454 e. The van der Waals surface area contributed by atoms with Gasteiger partial charge in [-0.1, -0.05) is 0 Å². The molecule has 0 aromatic carbocycles. The molecule has 0 aliphatic heterocycles. The molecule has 0 saturated heterocycles. The number of aryl methyl sites for hydroxylation is 1. The van der Waals surface area contributed by atoms with Crippen molar-refractivity contribution in [1.82, 2.24) is 15.2 Å². The summed E-state index contributed by atoms with van der Waals surface area (Å²) in [5.74, 6) is 5.54. The number of carbonyl (C=O) groups excluding carboxylic acids is 2. The molecule has 118 valence electrons. The van der Waals surface area contributed by atoms with Crippen LogP contribution in [0, 0.1) is 6.92 Å². The first-order valence-electron chi connectivity index (χ1n) is 6.99. The van der Waals surface area contributed by atoms with Crippen molar-refractivity contribution >= 4 is 11.8 Å². The lowest BCUT2D eigenvalue weighted by Crippen LogP contribution is -2.38. The molecular weight excluding hydrogens is 272 g/mol. The number of hydrogen-bond donors (Lipinski definition) is 2. The van der Waals surface area contributed by atoms with Crippen molar-refractivity contribution in [2.75, 3.05) is 26.7 Å². The Morgan fingerprint density at radius 1 is 1.33 bits per heavy atom. The quantitative estimate of drug-likeness (QED) is 0.434. The molecule has 1 rings (SSSR count). The lowest BCUT2D eigenvalue weighted by atomic mass is 10.2. The first kappa shape index (κ1) is 17.2. The van der Waals surface area contributed by atoms with Crippen LogP contribution in [0.4, 0.5) is 0 Å². The number of furan rings is 1. The molecule has 0 unspecified atom stereocenters. The van der Waals surface area contributed by atoms with E-state index in [2.05, 4.69) is 0 Å². The number of carbonyl (C=O) groups is 2. The Morgan fingerprint density at radius 2 is 1.95 bits per heavy atom. The molecule has 21 heavy (non-hydrogen) atoms. The van der Waals surface area contributed by atoms with Crippen LogP contribution in [0.2, 0.25) is 0 Å². The molecular formula is C14H24N4O3. The van der Waals surface area contributed by atoms with Crippen LogP contribution in [0.3, 0.4) is 0 Å². The number of hydrazine groups is 1. The van der Waals surface area contributed by atoms with Crippen molar-refractivity contribution < 1.29 is 14.0 Å². The molecule has 7 heteroatoms. The third kappa shape index (κ3) is 4.57. The van der Waals surface area contributed by atoms with Crippen molar-refractivity contribution in [3.8, 4) is 0 Å². The zero-order chi connectivity index (χ0) is 16.0. The number of hydrogen-bond acceptors (Lipinski definition) is 5. The van der Waals surface area contributed by atoms with Crippen LogP contribution in [0.5, 0.6) is 0 Å². The van der Waals surface area contributed by atoms with Gasteiger partial charge in [-0.3, -0.25) is 19.9 Å². The molecule has 1 aromatic heterocycles.